The van der Waals surface area contributed by atoms with Crippen molar-refractivity contribution < 1.29 is 13.2 Å². The zero-order valence-corrected chi connectivity index (χ0v) is 12.6. The summed E-state index contributed by atoms with van der Waals surface area (Å²) in [6.07, 6.45) is 0. The van der Waals surface area contributed by atoms with Gasteiger partial charge in [0.2, 0.25) is 0 Å². The molecule has 0 aliphatic rings. The van der Waals surface area contributed by atoms with E-state index in [2.05, 4.69) is 9.71 Å². The third kappa shape index (κ3) is 3.91. The van der Waals surface area contributed by atoms with Crippen LogP contribution in [0.2, 0.25) is 0 Å². The fourth-order valence-corrected chi connectivity index (χ4v) is 3.97. The van der Waals surface area contributed by atoms with E-state index in [0.29, 0.717) is 12.3 Å². The minimum Gasteiger partial charge on any atom is -0.375 e. The SMILES string of the molecule is CCOC(C)(C)CNS(=O)(=O)c1sc(N)nc1C. The van der Waals surface area contributed by atoms with E-state index in [-0.39, 0.29) is 15.9 Å². The second kappa shape index (κ2) is 5.52. The molecule has 0 aromatic carbocycles. The number of thiazole rings is 1. The summed E-state index contributed by atoms with van der Waals surface area (Å²) in [6, 6.07) is 0. The van der Waals surface area contributed by atoms with Gasteiger partial charge < -0.3 is 10.5 Å². The maximum absolute atomic E-state index is 12.1. The molecule has 1 heterocycles. The van der Waals surface area contributed by atoms with E-state index in [0.717, 1.165) is 11.3 Å². The molecule has 3 N–H and O–H groups in total. The first kappa shape index (κ1) is 15.4. The van der Waals surface area contributed by atoms with Crippen LogP contribution in [0, 0.1) is 6.92 Å². The van der Waals surface area contributed by atoms with Gasteiger partial charge in [0.15, 0.2) is 9.34 Å². The summed E-state index contributed by atoms with van der Waals surface area (Å²) >= 11 is 0.961. The Kier molecular flexibility index (Phi) is 4.71. The highest BCUT2D eigenvalue weighted by Crippen LogP contribution is 2.24. The van der Waals surface area contributed by atoms with Gasteiger partial charge in [-0.15, -0.1) is 0 Å². The molecule has 0 unspecified atom stereocenters. The van der Waals surface area contributed by atoms with Crippen LogP contribution in [0.15, 0.2) is 4.21 Å². The summed E-state index contributed by atoms with van der Waals surface area (Å²) in [5.41, 5.74) is 5.36. The minimum atomic E-state index is -3.58. The molecule has 0 radical (unpaired) electrons. The zero-order valence-electron chi connectivity index (χ0n) is 11.0. The second-order valence-electron chi connectivity index (χ2n) is 4.44. The van der Waals surface area contributed by atoms with E-state index < -0.39 is 15.6 Å². The first-order valence-electron chi connectivity index (χ1n) is 5.54. The molecular formula is C10H19N3O3S2. The molecule has 0 aliphatic heterocycles. The van der Waals surface area contributed by atoms with Crippen LogP contribution >= 0.6 is 11.3 Å². The molecule has 0 spiro atoms. The van der Waals surface area contributed by atoms with Crippen LogP contribution < -0.4 is 10.5 Å². The van der Waals surface area contributed by atoms with Crippen molar-refractivity contribution in [2.75, 3.05) is 18.9 Å². The predicted molar refractivity (Wildman–Crippen MR) is 72.2 cm³/mol. The zero-order chi connectivity index (χ0) is 14.0. The van der Waals surface area contributed by atoms with Gasteiger partial charge in [-0.2, -0.15) is 0 Å². The Labute approximate surface area is 112 Å². The van der Waals surface area contributed by atoms with Crippen LogP contribution in [0.25, 0.3) is 0 Å². The number of anilines is 1. The third-order valence-corrected chi connectivity index (χ3v) is 5.24. The summed E-state index contributed by atoms with van der Waals surface area (Å²) in [7, 11) is -3.58. The van der Waals surface area contributed by atoms with Gasteiger partial charge in [-0.1, -0.05) is 11.3 Å². The number of nitrogens with two attached hydrogens (primary N) is 1. The van der Waals surface area contributed by atoms with Crippen LogP contribution in [0.5, 0.6) is 0 Å². The molecule has 0 amide bonds. The lowest BCUT2D eigenvalue weighted by Gasteiger charge is -2.24. The monoisotopic (exact) mass is 293 g/mol. The number of ether oxygens (including phenoxy) is 1. The van der Waals surface area contributed by atoms with Gasteiger partial charge >= 0.3 is 0 Å². The summed E-state index contributed by atoms with van der Waals surface area (Å²) in [4.78, 5) is 3.90. The first-order valence-corrected chi connectivity index (χ1v) is 7.84. The maximum Gasteiger partial charge on any atom is 0.252 e. The lowest BCUT2D eigenvalue weighted by molar-refractivity contribution is -0.00514. The topological polar surface area (TPSA) is 94.3 Å². The Morgan fingerprint density at radius 2 is 2.11 bits per heavy atom. The Balaban J connectivity index is 2.81. The van der Waals surface area contributed by atoms with E-state index in [1.165, 1.54) is 0 Å². The molecule has 104 valence electrons. The Hall–Kier alpha value is -0.700. The molecule has 6 nitrogen and oxygen atoms in total. The molecule has 0 saturated heterocycles. The number of nitrogens with one attached hydrogen (secondary N) is 1. The summed E-state index contributed by atoms with van der Waals surface area (Å²) in [6.45, 7) is 7.86. The van der Waals surface area contributed by atoms with E-state index in [1.54, 1.807) is 6.92 Å². The molecule has 0 fully saturated rings. The number of aromatic nitrogens is 1. The van der Waals surface area contributed by atoms with E-state index in [1.807, 2.05) is 20.8 Å². The smallest absolute Gasteiger partial charge is 0.252 e. The van der Waals surface area contributed by atoms with Crippen LogP contribution in [-0.2, 0) is 14.8 Å². The molecule has 18 heavy (non-hydrogen) atoms. The van der Waals surface area contributed by atoms with E-state index >= 15 is 0 Å². The molecule has 0 saturated carbocycles. The van der Waals surface area contributed by atoms with Crippen molar-refractivity contribution >= 4 is 26.5 Å². The highest BCUT2D eigenvalue weighted by atomic mass is 32.2. The average molecular weight is 293 g/mol. The van der Waals surface area contributed by atoms with Crippen molar-refractivity contribution in [3.05, 3.63) is 5.69 Å². The van der Waals surface area contributed by atoms with Crippen molar-refractivity contribution in [1.82, 2.24) is 9.71 Å². The number of nitrogen functional groups attached to an aromatic ring is 1. The quantitative estimate of drug-likeness (QED) is 0.820. The largest absolute Gasteiger partial charge is 0.375 e. The van der Waals surface area contributed by atoms with Crippen LogP contribution in [0.4, 0.5) is 5.13 Å². The van der Waals surface area contributed by atoms with Gasteiger partial charge in [0.05, 0.1) is 11.3 Å². The van der Waals surface area contributed by atoms with Gasteiger partial charge in [-0.3, -0.25) is 0 Å². The lowest BCUT2D eigenvalue weighted by atomic mass is 10.1. The van der Waals surface area contributed by atoms with Crippen molar-refractivity contribution in [3.63, 3.8) is 0 Å². The van der Waals surface area contributed by atoms with Crippen molar-refractivity contribution in [3.8, 4) is 0 Å². The van der Waals surface area contributed by atoms with Crippen molar-refractivity contribution in [2.45, 2.75) is 37.5 Å². The number of sulfonamides is 1. The molecule has 1 aromatic rings. The maximum atomic E-state index is 12.1. The molecule has 0 bridgehead atoms. The molecule has 8 heteroatoms. The Bertz CT molecular complexity index is 508. The molecule has 0 atom stereocenters. The standard InChI is InChI=1S/C10H19N3O3S2/c1-5-16-10(3,4)6-12-18(14,15)8-7(2)13-9(11)17-8/h12H,5-6H2,1-4H3,(H2,11,13). The first-order chi connectivity index (χ1) is 8.18. The number of nitrogens with zero attached hydrogens (tertiary/aromatic N) is 1. The number of aryl methyl sites for hydroxylation is 1. The van der Waals surface area contributed by atoms with Gasteiger partial charge in [0.25, 0.3) is 10.0 Å². The number of rotatable bonds is 6. The third-order valence-electron chi connectivity index (χ3n) is 2.24. The fraction of sp³-hybridized carbons (Fsp3) is 0.700. The number of hydrogen-bond acceptors (Lipinski definition) is 6. The Morgan fingerprint density at radius 1 is 1.50 bits per heavy atom. The minimum absolute atomic E-state index is 0.160. The van der Waals surface area contributed by atoms with Crippen LogP contribution in [0.3, 0.4) is 0 Å². The van der Waals surface area contributed by atoms with Gasteiger partial charge in [0.1, 0.15) is 0 Å². The van der Waals surface area contributed by atoms with E-state index in [9.17, 15) is 8.42 Å². The van der Waals surface area contributed by atoms with Gasteiger partial charge in [-0.05, 0) is 27.7 Å². The summed E-state index contributed by atoms with van der Waals surface area (Å²) in [5, 5.41) is 0.247. The van der Waals surface area contributed by atoms with E-state index in [4.69, 9.17) is 10.5 Å². The molecular weight excluding hydrogens is 274 g/mol. The fourth-order valence-electron chi connectivity index (χ4n) is 1.43. The normalized spacial score (nSPS) is 12.9. The number of hydrogen-bond donors (Lipinski definition) is 2. The molecule has 0 aliphatic carbocycles. The van der Waals surface area contributed by atoms with Crippen LogP contribution in [0.1, 0.15) is 26.5 Å². The van der Waals surface area contributed by atoms with Crippen molar-refractivity contribution in [1.29, 1.82) is 0 Å². The highest BCUT2D eigenvalue weighted by molar-refractivity contribution is 7.91. The highest BCUT2D eigenvalue weighted by Gasteiger charge is 2.25. The average Bonchev–Trinajstić information content (AvgIpc) is 2.56. The van der Waals surface area contributed by atoms with Crippen molar-refractivity contribution in [2.24, 2.45) is 0 Å². The Morgan fingerprint density at radius 3 is 2.56 bits per heavy atom. The molecule has 1 rings (SSSR count). The predicted octanol–water partition coefficient (Wildman–Crippen LogP) is 1.13. The summed E-state index contributed by atoms with van der Waals surface area (Å²) < 4.78 is 32.2. The lowest BCUT2D eigenvalue weighted by Crippen LogP contribution is -2.40. The van der Waals surface area contributed by atoms with Gasteiger partial charge in [-0.25, -0.2) is 18.1 Å². The van der Waals surface area contributed by atoms with Gasteiger partial charge in [0, 0.05) is 13.2 Å². The summed E-state index contributed by atoms with van der Waals surface area (Å²) in [5.74, 6) is 0. The second-order valence-corrected chi connectivity index (χ2v) is 7.44. The molecule has 1 aromatic heterocycles. The van der Waals surface area contributed by atoms with Crippen LogP contribution in [-0.4, -0.2) is 32.2 Å².